The minimum Gasteiger partial charge on any atom is -0.487 e. The van der Waals surface area contributed by atoms with E-state index >= 15 is 0 Å². The molecule has 1 aliphatic heterocycles. The van der Waals surface area contributed by atoms with Gasteiger partial charge in [-0.1, -0.05) is 6.07 Å². The van der Waals surface area contributed by atoms with Gasteiger partial charge in [-0.05, 0) is 49.8 Å². The average molecular weight is 357 g/mol. The van der Waals surface area contributed by atoms with Crippen LogP contribution in [0.15, 0.2) is 29.6 Å². The van der Waals surface area contributed by atoms with Crippen LogP contribution in [0.5, 0.6) is 5.75 Å². The molecule has 0 spiro atoms. The molecule has 2 N–H and O–H groups in total. The lowest BCUT2D eigenvalue weighted by Gasteiger charge is -2.19. The van der Waals surface area contributed by atoms with Crippen molar-refractivity contribution in [1.29, 1.82) is 0 Å². The number of aryl methyl sites for hydroxylation is 1. The number of hydrogen-bond acceptors (Lipinski definition) is 5. The topological polar surface area (TPSA) is 68.5 Å². The monoisotopic (exact) mass is 357 g/mol. The van der Waals surface area contributed by atoms with Crippen molar-refractivity contribution < 1.29 is 9.53 Å². The summed E-state index contributed by atoms with van der Waals surface area (Å²) < 4.78 is 5.80. The number of fused-ring (bicyclic) bond motifs is 1. The van der Waals surface area contributed by atoms with Crippen molar-refractivity contribution in [2.75, 3.05) is 13.1 Å². The van der Waals surface area contributed by atoms with Crippen molar-refractivity contribution in [2.45, 2.75) is 32.4 Å². The van der Waals surface area contributed by atoms with Gasteiger partial charge in [-0.3, -0.25) is 4.79 Å². The van der Waals surface area contributed by atoms with E-state index in [-0.39, 0.29) is 11.9 Å². The Morgan fingerprint density at radius 3 is 3.04 bits per heavy atom. The second-order valence-electron chi connectivity index (χ2n) is 7.05. The lowest BCUT2D eigenvalue weighted by Crippen LogP contribution is -2.33. The molecule has 1 aliphatic carbocycles. The number of carbonyl (C=O) groups is 1. The number of likely N-dealkylation sites (tertiary alicyclic amines) is 1. The molecule has 0 radical (unpaired) electrons. The van der Waals surface area contributed by atoms with E-state index in [1.165, 1.54) is 0 Å². The molecule has 1 saturated carbocycles. The molecule has 5 nitrogen and oxygen atoms in total. The van der Waals surface area contributed by atoms with Gasteiger partial charge in [0.1, 0.15) is 12.4 Å². The molecule has 1 saturated heterocycles. The van der Waals surface area contributed by atoms with E-state index in [1.54, 1.807) is 11.3 Å². The minimum atomic E-state index is 0.0801. The lowest BCUT2D eigenvalue weighted by atomic mass is 9.98. The van der Waals surface area contributed by atoms with E-state index in [1.807, 2.05) is 41.5 Å². The Labute approximate surface area is 151 Å². The largest absolute Gasteiger partial charge is 0.487 e. The summed E-state index contributed by atoms with van der Waals surface area (Å²) in [6, 6.07) is 7.69. The molecule has 1 aromatic carbocycles. The number of thiazole rings is 1. The quantitative estimate of drug-likeness (QED) is 0.914. The fraction of sp³-hybridized carbons (Fsp3) is 0.474. The summed E-state index contributed by atoms with van der Waals surface area (Å²) in [7, 11) is 0. The Balaban J connectivity index is 1.41. The summed E-state index contributed by atoms with van der Waals surface area (Å²) >= 11 is 1.61. The molecule has 2 fully saturated rings. The number of nitrogens with zero attached hydrogens (tertiary/aromatic N) is 2. The van der Waals surface area contributed by atoms with Crippen LogP contribution in [0.3, 0.4) is 0 Å². The third kappa shape index (κ3) is 3.41. The van der Waals surface area contributed by atoms with Crippen LogP contribution in [0.1, 0.15) is 33.9 Å². The van der Waals surface area contributed by atoms with Crippen LogP contribution in [0.4, 0.5) is 0 Å². The fourth-order valence-corrected chi connectivity index (χ4v) is 4.60. The van der Waals surface area contributed by atoms with Gasteiger partial charge >= 0.3 is 0 Å². The molecule has 3 atom stereocenters. The van der Waals surface area contributed by atoms with Crippen molar-refractivity contribution in [2.24, 2.45) is 17.6 Å². The van der Waals surface area contributed by atoms with Gasteiger partial charge in [0.2, 0.25) is 0 Å². The highest BCUT2D eigenvalue weighted by Gasteiger charge is 2.42. The predicted octanol–water partition coefficient (Wildman–Crippen LogP) is 2.84. The summed E-state index contributed by atoms with van der Waals surface area (Å²) in [5.41, 5.74) is 7.78. The molecule has 2 heterocycles. The zero-order valence-corrected chi connectivity index (χ0v) is 15.2. The summed E-state index contributed by atoms with van der Waals surface area (Å²) in [4.78, 5) is 19.2. The summed E-state index contributed by atoms with van der Waals surface area (Å²) in [6.07, 6.45) is 2.24. The number of rotatable bonds is 4. The maximum Gasteiger partial charge on any atom is 0.254 e. The van der Waals surface area contributed by atoms with E-state index in [9.17, 15) is 4.79 Å². The molecule has 0 bridgehead atoms. The molecule has 3 unspecified atom stereocenters. The number of carbonyl (C=O) groups excluding carboxylic acids is 1. The van der Waals surface area contributed by atoms with Gasteiger partial charge in [0.25, 0.3) is 5.91 Å². The van der Waals surface area contributed by atoms with Crippen LogP contribution in [0, 0.1) is 18.8 Å². The first kappa shape index (κ1) is 16.5. The number of benzene rings is 1. The van der Waals surface area contributed by atoms with Crippen LogP contribution in [0.2, 0.25) is 0 Å². The van der Waals surface area contributed by atoms with E-state index in [0.717, 1.165) is 36.6 Å². The molecule has 6 heteroatoms. The molecule has 1 amide bonds. The molecule has 1 aromatic heterocycles. The summed E-state index contributed by atoms with van der Waals surface area (Å²) in [6.45, 7) is 4.02. The van der Waals surface area contributed by atoms with Crippen LogP contribution in [-0.2, 0) is 6.61 Å². The SMILES string of the molecule is Cc1nc(COc2cccc(C(=O)N3CC4CCC(N)C4C3)c2)cs1. The van der Waals surface area contributed by atoms with Gasteiger partial charge in [0, 0.05) is 30.1 Å². The highest BCUT2D eigenvalue weighted by Crippen LogP contribution is 2.37. The first-order valence-corrected chi connectivity index (χ1v) is 9.67. The van der Waals surface area contributed by atoms with Crippen molar-refractivity contribution in [1.82, 2.24) is 9.88 Å². The second-order valence-corrected chi connectivity index (χ2v) is 8.11. The maximum absolute atomic E-state index is 12.8. The number of hydrogen-bond donors (Lipinski definition) is 1. The van der Waals surface area contributed by atoms with Crippen LogP contribution < -0.4 is 10.5 Å². The Kier molecular flexibility index (Phi) is 4.48. The van der Waals surface area contributed by atoms with Crippen LogP contribution in [0.25, 0.3) is 0 Å². The van der Waals surface area contributed by atoms with Crippen LogP contribution >= 0.6 is 11.3 Å². The van der Waals surface area contributed by atoms with Crippen molar-refractivity contribution in [3.63, 3.8) is 0 Å². The predicted molar refractivity (Wildman–Crippen MR) is 97.7 cm³/mol. The van der Waals surface area contributed by atoms with E-state index in [4.69, 9.17) is 10.5 Å². The Morgan fingerprint density at radius 1 is 1.40 bits per heavy atom. The average Bonchev–Trinajstić information content (AvgIpc) is 3.31. The van der Waals surface area contributed by atoms with Gasteiger partial charge < -0.3 is 15.4 Å². The smallest absolute Gasteiger partial charge is 0.254 e. The first-order chi connectivity index (χ1) is 12.1. The molecule has 2 aliphatic rings. The second kappa shape index (κ2) is 6.77. The van der Waals surface area contributed by atoms with Gasteiger partial charge in [-0.2, -0.15) is 0 Å². The van der Waals surface area contributed by atoms with Crippen LogP contribution in [-0.4, -0.2) is 34.9 Å². The minimum absolute atomic E-state index is 0.0801. The van der Waals surface area contributed by atoms with E-state index in [2.05, 4.69) is 4.98 Å². The number of ether oxygens (including phenoxy) is 1. The number of nitrogens with two attached hydrogens (primary N) is 1. The highest BCUT2D eigenvalue weighted by molar-refractivity contribution is 7.09. The molecule has 25 heavy (non-hydrogen) atoms. The van der Waals surface area contributed by atoms with Crippen molar-refractivity contribution in [3.8, 4) is 5.75 Å². The zero-order chi connectivity index (χ0) is 17.4. The van der Waals surface area contributed by atoms with Crippen molar-refractivity contribution in [3.05, 3.63) is 45.9 Å². The number of amides is 1. The Hall–Kier alpha value is -1.92. The molecular weight excluding hydrogens is 334 g/mol. The number of aromatic nitrogens is 1. The van der Waals surface area contributed by atoms with Gasteiger partial charge in [-0.15, -0.1) is 11.3 Å². The third-order valence-electron chi connectivity index (χ3n) is 5.33. The van der Waals surface area contributed by atoms with E-state index < -0.39 is 0 Å². The van der Waals surface area contributed by atoms with E-state index in [0.29, 0.717) is 29.8 Å². The Morgan fingerprint density at radius 2 is 2.28 bits per heavy atom. The van der Waals surface area contributed by atoms with Gasteiger partial charge in [0.05, 0.1) is 10.7 Å². The standard InChI is InChI=1S/C19H23N3O2S/c1-12-21-15(11-25-12)10-24-16-4-2-3-13(7-16)19(23)22-8-14-5-6-18(20)17(14)9-22/h2-4,7,11,14,17-18H,5-6,8-10,20H2,1H3. The lowest BCUT2D eigenvalue weighted by molar-refractivity contribution is 0.0779. The van der Waals surface area contributed by atoms with Gasteiger partial charge in [-0.25, -0.2) is 4.98 Å². The highest BCUT2D eigenvalue weighted by atomic mass is 32.1. The summed E-state index contributed by atoms with van der Waals surface area (Å²) in [5, 5.41) is 3.02. The Bertz CT molecular complexity index is 776. The molecule has 132 valence electrons. The fourth-order valence-electron chi connectivity index (χ4n) is 4.01. The normalized spacial score (nSPS) is 25.2. The molecule has 4 rings (SSSR count). The summed E-state index contributed by atoms with van der Waals surface area (Å²) in [5.74, 6) is 1.83. The molecular formula is C19H23N3O2S. The third-order valence-corrected chi connectivity index (χ3v) is 6.16. The first-order valence-electron chi connectivity index (χ1n) is 8.79. The van der Waals surface area contributed by atoms with Gasteiger partial charge in [0.15, 0.2) is 0 Å². The molecule has 2 aromatic rings. The zero-order valence-electron chi connectivity index (χ0n) is 14.4. The maximum atomic E-state index is 12.8. The van der Waals surface area contributed by atoms with Crippen molar-refractivity contribution >= 4 is 17.2 Å².